The Kier molecular flexibility index (Phi) is 6.87. The average molecular weight is 341 g/mol. The van der Waals surface area contributed by atoms with E-state index in [0.29, 0.717) is 29.5 Å². The molecule has 0 radical (unpaired) electrons. The molecule has 0 spiro atoms. The van der Waals surface area contributed by atoms with Gasteiger partial charge in [-0.3, -0.25) is 4.79 Å². The number of hydrogen-bond donors (Lipinski definition) is 1. The Morgan fingerprint density at radius 3 is 2.40 bits per heavy atom. The molecule has 1 N–H and O–H groups in total. The fourth-order valence-electron chi connectivity index (χ4n) is 2.70. The Morgan fingerprint density at radius 1 is 1.08 bits per heavy atom. The van der Waals surface area contributed by atoms with Gasteiger partial charge in [-0.15, -0.1) is 0 Å². The van der Waals surface area contributed by atoms with Crippen molar-refractivity contribution in [2.45, 2.75) is 39.2 Å². The highest BCUT2D eigenvalue weighted by Crippen LogP contribution is 2.29. The molecule has 0 aliphatic heterocycles. The fourth-order valence-corrected chi connectivity index (χ4v) is 2.70. The van der Waals surface area contributed by atoms with Crippen LogP contribution in [0.5, 0.6) is 11.5 Å². The van der Waals surface area contributed by atoms with Gasteiger partial charge in [0.15, 0.2) is 11.5 Å². The van der Waals surface area contributed by atoms with Gasteiger partial charge in [-0.1, -0.05) is 37.3 Å². The van der Waals surface area contributed by atoms with Crippen molar-refractivity contribution >= 4 is 5.91 Å². The van der Waals surface area contributed by atoms with E-state index < -0.39 is 0 Å². The molecule has 0 aromatic heterocycles. The number of benzene rings is 2. The predicted octanol–water partition coefficient (Wildman–Crippen LogP) is 4.41. The predicted molar refractivity (Wildman–Crippen MR) is 101 cm³/mol. The summed E-state index contributed by atoms with van der Waals surface area (Å²) in [6, 6.07) is 15.5. The Hall–Kier alpha value is -2.49. The molecule has 25 heavy (non-hydrogen) atoms. The largest absolute Gasteiger partial charge is 0.493 e. The number of ether oxygens (including phenoxy) is 2. The third-order valence-corrected chi connectivity index (χ3v) is 4.06. The zero-order valence-electron chi connectivity index (χ0n) is 15.4. The zero-order chi connectivity index (χ0) is 18.2. The molecule has 0 unspecified atom stereocenters. The second-order valence-electron chi connectivity index (χ2n) is 6.26. The van der Waals surface area contributed by atoms with Crippen molar-refractivity contribution in [3.05, 3.63) is 59.7 Å². The fraction of sp³-hybridized carbons (Fsp3) is 0.381. The number of methoxy groups -OCH3 is 1. The van der Waals surface area contributed by atoms with Gasteiger partial charge in [-0.2, -0.15) is 0 Å². The summed E-state index contributed by atoms with van der Waals surface area (Å²) in [7, 11) is 1.58. The molecule has 2 aromatic rings. The van der Waals surface area contributed by atoms with Crippen LogP contribution in [-0.4, -0.2) is 25.7 Å². The van der Waals surface area contributed by atoms with E-state index in [1.54, 1.807) is 25.3 Å². The molecular weight excluding hydrogens is 314 g/mol. The lowest BCUT2D eigenvalue weighted by Gasteiger charge is -2.17. The molecule has 1 amide bonds. The maximum absolute atomic E-state index is 12.5. The lowest BCUT2D eigenvalue weighted by atomic mass is 9.96. The number of amides is 1. The topological polar surface area (TPSA) is 47.6 Å². The molecule has 0 fully saturated rings. The van der Waals surface area contributed by atoms with Crippen LogP contribution in [0, 0.1) is 0 Å². The van der Waals surface area contributed by atoms with Gasteiger partial charge in [0, 0.05) is 18.0 Å². The van der Waals surface area contributed by atoms with E-state index in [1.165, 1.54) is 5.56 Å². The number of carbonyl (C=O) groups excluding carboxylic acids is 1. The van der Waals surface area contributed by atoms with E-state index in [9.17, 15) is 4.79 Å². The van der Waals surface area contributed by atoms with Gasteiger partial charge in [0.05, 0.1) is 13.2 Å². The quantitative estimate of drug-likeness (QED) is 0.774. The first kappa shape index (κ1) is 18.8. The summed E-state index contributed by atoms with van der Waals surface area (Å²) in [5, 5.41) is 3.02. The van der Waals surface area contributed by atoms with Crippen LogP contribution in [0.4, 0.5) is 0 Å². The molecular formula is C21H27NO3. The molecule has 0 bridgehead atoms. The number of nitrogens with one attached hydrogen (secondary N) is 1. The summed E-state index contributed by atoms with van der Waals surface area (Å²) in [4.78, 5) is 12.5. The maximum Gasteiger partial charge on any atom is 0.251 e. The lowest BCUT2D eigenvalue weighted by Crippen LogP contribution is -2.28. The standard InChI is InChI=1S/C21H27NO3/c1-5-16(17-9-7-6-8-10-17)14-22-21(23)18-11-12-19(25-15(2)3)20(13-18)24-4/h6-13,15-16H,5,14H2,1-4H3,(H,22,23)/t16-/m0/s1. The molecule has 134 valence electrons. The van der Waals surface area contributed by atoms with Crippen molar-refractivity contribution in [1.82, 2.24) is 5.32 Å². The monoisotopic (exact) mass is 341 g/mol. The molecule has 2 aromatic carbocycles. The Balaban J connectivity index is 2.05. The molecule has 4 heteroatoms. The SMILES string of the molecule is CC[C@@H](CNC(=O)c1ccc(OC(C)C)c(OC)c1)c1ccccc1. The summed E-state index contributed by atoms with van der Waals surface area (Å²) >= 11 is 0. The highest BCUT2D eigenvalue weighted by Gasteiger charge is 2.14. The Bertz CT molecular complexity index is 683. The van der Waals surface area contributed by atoms with Gasteiger partial charge in [-0.25, -0.2) is 0 Å². The van der Waals surface area contributed by atoms with E-state index in [-0.39, 0.29) is 12.0 Å². The van der Waals surface area contributed by atoms with Crippen molar-refractivity contribution in [1.29, 1.82) is 0 Å². The summed E-state index contributed by atoms with van der Waals surface area (Å²) in [6.45, 7) is 6.64. The zero-order valence-corrected chi connectivity index (χ0v) is 15.4. The third-order valence-electron chi connectivity index (χ3n) is 4.06. The molecule has 0 saturated carbocycles. The maximum atomic E-state index is 12.5. The average Bonchev–Trinajstić information content (AvgIpc) is 2.62. The van der Waals surface area contributed by atoms with E-state index in [4.69, 9.17) is 9.47 Å². The smallest absolute Gasteiger partial charge is 0.251 e. The van der Waals surface area contributed by atoms with Crippen LogP contribution >= 0.6 is 0 Å². The summed E-state index contributed by atoms with van der Waals surface area (Å²) in [5.74, 6) is 1.40. The van der Waals surface area contributed by atoms with Crippen LogP contribution in [0.2, 0.25) is 0 Å². The number of carbonyl (C=O) groups is 1. The Labute approximate surface area is 150 Å². The first-order valence-corrected chi connectivity index (χ1v) is 8.73. The van der Waals surface area contributed by atoms with Crippen molar-refractivity contribution in [2.24, 2.45) is 0 Å². The van der Waals surface area contributed by atoms with Crippen LogP contribution < -0.4 is 14.8 Å². The van der Waals surface area contributed by atoms with Gasteiger partial charge in [-0.05, 0) is 44.0 Å². The highest BCUT2D eigenvalue weighted by molar-refractivity contribution is 5.94. The van der Waals surface area contributed by atoms with Gasteiger partial charge < -0.3 is 14.8 Å². The Morgan fingerprint density at radius 2 is 1.80 bits per heavy atom. The molecule has 0 aliphatic carbocycles. The molecule has 0 saturated heterocycles. The second-order valence-corrected chi connectivity index (χ2v) is 6.26. The first-order chi connectivity index (χ1) is 12.0. The van der Waals surface area contributed by atoms with E-state index >= 15 is 0 Å². The summed E-state index contributed by atoms with van der Waals surface area (Å²) < 4.78 is 11.0. The van der Waals surface area contributed by atoms with Crippen molar-refractivity contribution in [3.63, 3.8) is 0 Å². The summed E-state index contributed by atoms with van der Waals surface area (Å²) in [5.41, 5.74) is 1.81. The van der Waals surface area contributed by atoms with Crippen LogP contribution in [0.1, 0.15) is 49.0 Å². The van der Waals surface area contributed by atoms with E-state index in [1.807, 2.05) is 32.0 Å². The number of hydrogen-bond acceptors (Lipinski definition) is 3. The highest BCUT2D eigenvalue weighted by atomic mass is 16.5. The minimum absolute atomic E-state index is 0.0461. The normalized spacial score (nSPS) is 11.9. The molecule has 0 aliphatic rings. The minimum atomic E-state index is -0.108. The van der Waals surface area contributed by atoms with E-state index in [0.717, 1.165) is 6.42 Å². The van der Waals surface area contributed by atoms with E-state index in [2.05, 4.69) is 24.4 Å². The first-order valence-electron chi connectivity index (χ1n) is 8.73. The van der Waals surface area contributed by atoms with Crippen LogP contribution in [-0.2, 0) is 0 Å². The van der Waals surface area contributed by atoms with Gasteiger partial charge in [0.2, 0.25) is 0 Å². The van der Waals surface area contributed by atoms with Gasteiger partial charge in [0.25, 0.3) is 5.91 Å². The van der Waals surface area contributed by atoms with Gasteiger partial charge in [0.1, 0.15) is 0 Å². The molecule has 0 heterocycles. The minimum Gasteiger partial charge on any atom is -0.493 e. The van der Waals surface area contributed by atoms with Crippen molar-refractivity contribution in [3.8, 4) is 11.5 Å². The van der Waals surface area contributed by atoms with Crippen LogP contribution in [0.25, 0.3) is 0 Å². The van der Waals surface area contributed by atoms with Gasteiger partial charge >= 0.3 is 0 Å². The lowest BCUT2D eigenvalue weighted by molar-refractivity contribution is 0.0950. The van der Waals surface area contributed by atoms with Crippen molar-refractivity contribution < 1.29 is 14.3 Å². The third kappa shape index (κ3) is 5.24. The molecule has 1 atom stereocenters. The van der Waals surface area contributed by atoms with Crippen LogP contribution in [0.15, 0.2) is 48.5 Å². The van der Waals surface area contributed by atoms with Crippen molar-refractivity contribution in [2.75, 3.05) is 13.7 Å². The molecule has 2 rings (SSSR count). The second kappa shape index (κ2) is 9.11. The number of rotatable bonds is 8. The molecule has 4 nitrogen and oxygen atoms in total. The summed E-state index contributed by atoms with van der Waals surface area (Å²) in [6.07, 6.45) is 1.01. The van der Waals surface area contributed by atoms with Crippen LogP contribution in [0.3, 0.4) is 0 Å².